The van der Waals surface area contributed by atoms with Gasteiger partial charge in [-0.05, 0) is 6.92 Å². The molecule has 1 aliphatic heterocycles. The van der Waals surface area contributed by atoms with Crippen molar-refractivity contribution in [3.63, 3.8) is 0 Å². The number of fused-ring (bicyclic) bond motifs is 2. The summed E-state index contributed by atoms with van der Waals surface area (Å²) in [6.45, 7) is -1.89. The lowest BCUT2D eigenvalue weighted by atomic mass is 10.1. The molecule has 8 atom stereocenters. The summed E-state index contributed by atoms with van der Waals surface area (Å²) in [6, 6.07) is 0. The van der Waals surface area contributed by atoms with E-state index in [9.17, 15) is 39.0 Å². The number of phosphoric acid groups is 1. The van der Waals surface area contributed by atoms with Crippen LogP contribution in [0.1, 0.15) is 19.4 Å². The van der Waals surface area contributed by atoms with E-state index in [4.69, 9.17) is 34.7 Å². The van der Waals surface area contributed by atoms with Crippen LogP contribution in [0, 0.1) is 0 Å². The van der Waals surface area contributed by atoms with Crippen LogP contribution in [0.2, 0.25) is 0 Å². The molecule has 5 heterocycles. The minimum Gasteiger partial charge on any atom is -0.386 e. The van der Waals surface area contributed by atoms with Gasteiger partial charge in [0.05, 0.1) is 19.3 Å². The average Bonchev–Trinajstić information content (AvgIpc) is 3.65. The molecule has 4 unspecified atom stereocenters. The van der Waals surface area contributed by atoms with Crippen LogP contribution in [0.15, 0.2) is 23.8 Å². The SMILES string of the molecule is CC(OP(=O)(O)OC[C@H]1O[C@@H](n2cnc3c(=O)[nH]c(N)nc32)[C@@H](O)C1OC[PH](=O)O)[C@@H](OC(O)O)n1cnc2c(N)ncnc21. The van der Waals surface area contributed by atoms with Gasteiger partial charge >= 0.3 is 7.82 Å². The van der Waals surface area contributed by atoms with Crippen LogP contribution in [0.25, 0.3) is 22.3 Å². The van der Waals surface area contributed by atoms with E-state index in [1.807, 2.05) is 0 Å². The smallest absolute Gasteiger partial charge is 0.386 e. The molecule has 25 heteroatoms. The molecule has 0 aliphatic carbocycles. The minimum absolute atomic E-state index is 0.00167. The Bertz CT molecular complexity index is 1800. The number of anilines is 2. The fourth-order valence-corrected chi connectivity index (χ4v) is 5.89. The highest BCUT2D eigenvalue weighted by atomic mass is 31.2. The maximum Gasteiger partial charge on any atom is 0.472 e. The lowest BCUT2D eigenvalue weighted by Crippen LogP contribution is -2.36. The first-order valence-electron chi connectivity index (χ1n) is 12.8. The fourth-order valence-electron chi connectivity index (χ4n) is 4.63. The van der Waals surface area contributed by atoms with Crippen molar-refractivity contribution in [3.8, 4) is 0 Å². The van der Waals surface area contributed by atoms with E-state index < -0.39 is 77.7 Å². The number of ether oxygens (including phenoxy) is 3. The Balaban J connectivity index is 1.34. The second-order valence-electron chi connectivity index (χ2n) is 9.51. The monoisotopic (exact) mass is 678 g/mol. The molecule has 5 rings (SSSR count). The summed E-state index contributed by atoms with van der Waals surface area (Å²) in [4.78, 5) is 54.1. The van der Waals surface area contributed by atoms with Gasteiger partial charge in [-0.25, -0.2) is 24.5 Å². The minimum atomic E-state index is -5.04. The van der Waals surface area contributed by atoms with Crippen molar-refractivity contribution in [3.05, 3.63) is 29.3 Å². The molecular formula is C20H28N10O13P2. The van der Waals surface area contributed by atoms with Gasteiger partial charge in [-0.15, -0.1) is 0 Å². The van der Waals surface area contributed by atoms with Gasteiger partial charge in [-0.1, -0.05) is 0 Å². The van der Waals surface area contributed by atoms with Crippen molar-refractivity contribution in [2.24, 2.45) is 0 Å². The second-order valence-corrected chi connectivity index (χ2v) is 12.0. The predicted molar refractivity (Wildman–Crippen MR) is 148 cm³/mol. The Kier molecular flexibility index (Phi) is 9.60. The van der Waals surface area contributed by atoms with E-state index in [0.717, 1.165) is 28.1 Å². The molecule has 246 valence electrons. The molecule has 0 radical (unpaired) electrons. The summed E-state index contributed by atoms with van der Waals surface area (Å²) in [7, 11) is -8.22. The topological polar surface area (TPSA) is 341 Å². The Morgan fingerprint density at radius 3 is 2.62 bits per heavy atom. The molecule has 0 amide bonds. The third-order valence-corrected chi connectivity index (χ3v) is 7.95. The second kappa shape index (κ2) is 13.1. The van der Waals surface area contributed by atoms with Crippen LogP contribution in [0.5, 0.6) is 0 Å². The fraction of sp³-hybridized carbons (Fsp3) is 0.500. The number of aromatic nitrogens is 8. The van der Waals surface area contributed by atoms with Gasteiger partial charge in [-0.3, -0.25) is 32.5 Å². The van der Waals surface area contributed by atoms with Crippen LogP contribution >= 0.6 is 15.9 Å². The zero-order chi connectivity index (χ0) is 32.6. The van der Waals surface area contributed by atoms with Crippen LogP contribution in [0.4, 0.5) is 11.8 Å². The van der Waals surface area contributed by atoms with E-state index in [-0.39, 0.29) is 34.1 Å². The first-order chi connectivity index (χ1) is 21.3. The molecule has 4 aromatic rings. The molecule has 0 aromatic carbocycles. The van der Waals surface area contributed by atoms with Crippen molar-refractivity contribution in [1.29, 1.82) is 0 Å². The van der Waals surface area contributed by atoms with Gasteiger partial charge in [0, 0.05) is 0 Å². The quantitative estimate of drug-likeness (QED) is 0.0535. The summed E-state index contributed by atoms with van der Waals surface area (Å²) in [6.07, 6.45) is -5.97. The molecule has 1 saturated heterocycles. The largest absolute Gasteiger partial charge is 0.472 e. The number of hydrogen-bond donors (Lipinski definition) is 8. The Hall–Kier alpha value is -3.44. The summed E-state index contributed by atoms with van der Waals surface area (Å²) < 4.78 is 53.2. The van der Waals surface area contributed by atoms with Gasteiger partial charge in [-0.2, -0.15) is 4.98 Å². The normalized spacial score (nSPS) is 23.9. The summed E-state index contributed by atoms with van der Waals surface area (Å²) in [5.41, 5.74) is 10.7. The molecule has 0 bridgehead atoms. The van der Waals surface area contributed by atoms with Crippen molar-refractivity contribution in [2.75, 3.05) is 24.4 Å². The lowest BCUT2D eigenvalue weighted by molar-refractivity contribution is -0.283. The van der Waals surface area contributed by atoms with Crippen LogP contribution < -0.4 is 17.0 Å². The van der Waals surface area contributed by atoms with Crippen LogP contribution in [0.3, 0.4) is 0 Å². The van der Waals surface area contributed by atoms with Gasteiger partial charge in [0.2, 0.25) is 14.0 Å². The molecule has 10 N–H and O–H groups in total. The van der Waals surface area contributed by atoms with Crippen LogP contribution in [-0.4, -0.2) is 108 Å². The number of nitrogens with zero attached hydrogens (tertiary/aromatic N) is 7. The first-order valence-corrected chi connectivity index (χ1v) is 15.8. The number of aromatic amines is 1. The summed E-state index contributed by atoms with van der Waals surface area (Å²) in [5.74, 6) is -0.252. The number of H-pyrrole nitrogens is 1. The number of rotatable bonds is 13. The number of hydrogen-bond acceptors (Lipinski definition) is 18. The van der Waals surface area contributed by atoms with E-state index in [2.05, 4.69) is 29.9 Å². The van der Waals surface area contributed by atoms with E-state index in [1.165, 1.54) is 6.92 Å². The van der Waals surface area contributed by atoms with Gasteiger partial charge in [0.15, 0.2) is 35.1 Å². The molecule has 0 spiro atoms. The number of phosphoric ester groups is 1. The maximum atomic E-state index is 13.0. The number of imidazole rings is 2. The van der Waals surface area contributed by atoms with Crippen molar-refractivity contribution < 1.29 is 57.5 Å². The molecule has 1 aliphatic rings. The number of aliphatic hydroxyl groups is 3. The van der Waals surface area contributed by atoms with Gasteiger partial charge in [0.25, 0.3) is 12.0 Å². The Morgan fingerprint density at radius 1 is 1.18 bits per heavy atom. The summed E-state index contributed by atoms with van der Waals surface area (Å²) >= 11 is 0. The molecule has 23 nitrogen and oxygen atoms in total. The van der Waals surface area contributed by atoms with E-state index in [0.29, 0.717) is 0 Å². The van der Waals surface area contributed by atoms with E-state index in [1.54, 1.807) is 0 Å². The standard InChI is InChI=1S/C20H28N10O13P2/c1-7(17(42-20(33)34)29-4-25-9-13(21)23-3-24-14(9)29)43-45(37,38)40-2-8-12(39-6-44(35)36)11(31)18(41-8)30-5-26-10-15(30)27-19(22)28-16(10)32/h3-5,7-8,11-12,17-18,20,31,33-34,44H,2,6H2,1H3,(H,35,36)(H,37,38)(H2,21,23,24)(H3,22,27,28,32)/t7?,8-,11+,12?,17-,18-/m1/s1. The molecule has 4 aromatic heterocycles. The van der Waals surface area contributed by atoms with Crippen molar-refractivity contribution in [2.45, 2.75) is 50.3 Å². The van der Waals surface area contributed by atoms with E-state index >= 15 is 0 Å². The highest BCUT2D eigenvalue weighted by molar-refractivity contribution is 7.47. The number of nitrogens with two attached hydrogens (primary N) is 2. The Labute approximate surface area is 250 Å². The third-order valence-electron chi connectivity index (χ3n) is 6.46. The average molecular weight is 678 g/mol. The Morgan fingerprint density at radius 2 is 1.91 bits per heavy atom. The predicted octanol–water partition coefficient (Wildman–Crippen LogP) is -2.50. The number of nitrogens with one attached hydrogen (secondary N) is 1. The van der Waals surface area contributed by atoms with Crippen molar-refractivity contribution >= 4 is 49.9 Å². The van der Waals surface area contributed by atoms with Gasteiger partial charge < -0.3 is 50.8 Å². The lowest BCUT2D eigenvalue weighted by Gasteiger charge is -2.28. The zero-order valence-corrected chi connectivity index (χ0v) is 24.8. The number of aliphatic hydroxyl groups excluding tert-OH is 2. The van der Waals surface area contributed by atoms with Crippen molar-refractivity contribution in [1.82, 2.24) is 39.0 Å². The highest BCUT2D eigenvalue weighted by Crippen LogP contribution is 2.47. The van der Waals surface area contributed by atoms with Gasteiger partial charge in [0.1, 0.15) is 42.6 Å². The first kappa shape index (κ1) is 32.9. The molecule has 0 saturated carbocycles. The van der Waals surface area contributed by atoms with Crippen LogP contribution in [-0.2, 0) is 32.4 Å². The highest BCUT2D eigenvalue weighted by Gasteiger charge is 2.47. The third kappa shape index (κ3) is 7.04. The summed E-state index contributed by atoms with van der Waals surface area (Å²) in [5, 5.41) is 30.0. The zero-order valence-electron chi connectivity index (χ0n) is 22.9. The molecular weight excluding hydrogens is 650 g/mol. The molecule has 1 fully saturated rings. The molecule has 45 heavy (non-hydrogen) atoms. The maximum absolute atomic E-state index is 13.0. The number of nitrogen functional groups attached to an aromatic ring is 2.